The Labute approximate surface area is 201 Å². The van der Waals surface area contributed by atoms with Crippen molar-refractivity contribution in [2.24, 2.45) is 4.99 Å². The molecule has 8 heteroatoms. The first-order valence-corrected chi connectivity index (χ1v) is 11.1. The lowest BCUT2D eigenvalue weighted by Gasteiger charge is -2.06. The van der Waals surface area contributed by atoms with Crippen LogP contribution in [0.2, 0.25) is 5.02 Å². The molecule has 1 aliphatic rings. The molecule has 6 nitrogen and oxygen atoms in total. The second-order valence-electron chi connectivity index (χ2n) is 6.83. The molecular weight excluding hydrogens is 462 g/mol. The number of carbonyl (C=O) groups excluding carboxylic acids is 2. The van der Waals surface area contributed by atoms with Crippen molar-refractivity contribution < 1.29 is 24.2 Å². The van der Waals surface area contributed by atoms with Crippen molar-refractivity contribution in [3.05, 3.63) is 80.4 Å². The van der Waals surface area contributed by atoms with Crippen LogP contribution in [-0.2, 0) is 9.53 Å². The molecule has 0 aromatic heterocycles. The van der Waals surface area contributed by atoms with E-state index >= 15 is 0 Å². The van der Waals surface area contributed by atoms with Crippen molar-refractivity contribution in [2.45, 2.75) is 13.8 Å². The fourth-order valence-corrected chi connectivity index (χ4v) is 4.10. The van der Waals surface area contributed by atoms with Crippen molar-refractivity contribution >= 4 is 46.4 Å². The number of hydrogen-bond acceptors (Lipinski definition) is 6. The van der Waals surface area contributed by atoms with Crippen molar-refractivity contribution in [2.75, 3.05) is 13.2 Å². The lowest BCUT2D eigenvalue weighted by atomic mass is 10.1. The summed E-state index contributed by atoms with van der Waals surface area (Å²) in [6, 6.07) is 11.9. The molecule has 168 valence electrons. The van der Waals surface area contributed by atoms with Crippen LogP contribution in [0.4, 0.5) is 0 Å². The number of halogens is 1. The zero-order chi connectivity index (χ0) is 24.0. The summed E-state index contributed by atoms with van der Waals surface area (Å²) in [5.74, 6) is 1.16. The first-order chi connectivity index (χ1) is 15.8. The molecule has 0 bridgehead atoms. The van der Waals surface area contributed by atoms with Gasteiger partial charge in [0.1, 0.15) is 28.7 Å². The number of hydrogen-bond donors (Lipinski definition) is 1. The number of esters is 1. The quantitative estimate of drug-likeness (QED) is 0.441. The Morgan fingerprint density at radius 2 is 1.97 bits per heavy atom. The summed E-state index contributed by atoms with van der Waals surface area (Å²) in [7, 11) is 0. The molecule has 1 heterocycles. The molecule has 33 heavy (non-hydrogen) atoms. The normalized spacial score (nSPS) is 15.6. The topological polar surface area (TPSA) is 85.2 Å². The van der Waals surface area contributed by atoms with Crippen molar-refractivity contribution in [3.63, 3.8) is 0 Å². The lowest BCUT2D eigenvalue weighted by Crippen LogP contribution is -2.14. The predicted molar refractivity (Wildman–Crippen MR) is 131 cm³/mol. The third-order valence-electron chi connectivity index (χ3n) is 4.44. The highest BCUT2D eigenvalue weighted by Crippen LogP contribution is 2.40. The van der Waals surface area contributed by atoms with Gasteiger partial charge < -0.3 is 14.6 Å². The average molecular weight is 482 g/mol. The van der Waals surface area contributed by atoms with Crippen LogP contribution in [0.5, 0.6) is 5.75 Å². The van der Waals surface area contributed by atoms with Gasteiger partial charge >= 0.3 is 5.97 Å². The maximum Gasteiger partial charge on any atom is 0.344 e. The number of terminal acetylenes is 1. The van der Waals surface area contributed by atoms with Gasteiger partial charge in [-0.2, -0.15) is 0 Å². The number of aliphatic hydroxyl groups excluding tert-OH is 1. The molecule has 0 radical (unpaired) electrons. The number of benzene rings is 2. The molecule has 0 unspecified atom stereocenters. The van der Waals surface area contributed by atoms with Crippen LogP contribution in [0.25, 0.3) is 6.08 Å². The largest absolute Gasteiger partial charge is 0.506 e. The standard InChI is InChI=1S/C25H20ClNO5S/c1-4-12-32-19-11-8-16(13-18(19)26)14-20-22(28)21(25(30)31-5-2)24(33-20)27-23(29)17-9-6-15(3)7-10-17/h1,6-11,13-14,28H,5,12H2,2-3H3/b20-14-,27-24?. The highest BCUT2D eigenvalue weighted by molar-refractivity contribution is 8.18. The predicted octanol–water partition coefficient (Wildman–Crippen LogP) is 5.36. The third-order valence-corrected chi connectivity index (χ3v) is 5.75. The van der Waals surface area contributed by atoms with E-state index < -0.39 is 11.9 Å². The summed E-state index contributed by atoms with van der Waals surface area (Å²) in [4.78, 5) is 29.6. The van der Waals surface area contributed by atoms with Crippen LogP contribution in [-0.4, -0.2) is 35.2 Å². The van der Waals surface area contributed by atoms with Crippen LogP contribution in [0.15, 0.2) is 63.7 Å². The van der Waals surface area contributed by atoms with Gasteiger partial charge in [-0.25, -0.2) is 9.79 Å². The number of rotatable bonds is 6. The molecular formula is C25H20ClNO5S. The second-order valence-corrected chi connectivity index (χ2v) is 8.26. The van der Waals surface area contributed by atoms with Gasteiger partial charge in [-0.1, -0.05) is 53.0 Å². The van der Waals surface area contributed by atoms with E-state index in [0.717, 1.165) is 17.3 Å². The first kappa shape index (κ1) is 24.2. The van der Waals surface area contributed by atoms with Gasteiger partial charge in [0.2, 0.25) is 0 Å². The Hall–Kier alpha value is -3.47. The number of aryl methyl sites for hydroxylation is 1. The summed E-state index contributed by atoms with van der Waals surface area (Å²) in [6.07, 6.45) is 6.81. The van der Waals surface area contributed by atoms with Crippen LogP contribution >= 0.6 is 23.4 Å². The highest BCUT2D eigenvalue weighted by Gasteiger charge is 2.34. The van der Waals surface area contributed by atoms with Crippen molar-refractivity contribution in [1.82, 2.24) is 0 Å². The SMILES string of the molecule is C#CCOc1ccc(/C=C2\SC(=NC(=O)c3ccc(C)cc3)C(C(=O)OCC)=C2O)cc1Cl. The number of thioether (sulfide) groups is 1. The van der Waals surface area contributed by atoms with E-state index in [1.165, 1.54) is 0 Å². The highest BCUT2D eigenvalue weighted by atomic mass is 35.5. The van der Waals surface area contributed by atoms with Gasteiger partial charge in [0.05, 0.1) is 16.5 Å². The molecule has 2 aromatic carbocycles. The van der Waals surface area contributed by atoms with E-state index in [4.69, 9.17) is 27.5 Å². The Morgan fingerprint density at radius 1 is 1.24 bits per heavy atom. The monoisotopic (exact) mass is 481 g/mol. The molecule has 3 rings (SSSR count). The van der Waals surface area contributed by atoms with Gasteiger partial charge in [0.25, 0.3) is 5.91 Å². The van der Waals surface area contributed by atoms with Crippen molar-refractivity contribution in [1.29, 1.82) is 0 Å². The number of nitrogens with zero attached hydrogens (tertiary/aromatic N) is 1. The van der Waals surface area contributed by atoms with E-state index in [-0.39, 0.29) is 29.6 Å². The Bertz CT molecular complexity index is 1220. The fraction of sp³-hybridized carbons (Fsp3) is 0.160. The summed E-state index contributed by atoms with van der Waals surface area (Å²) in [5, 5.41) is 11.1. The fourth-order valence-electron chi connectivity index (χ4n) is 2.84. The molecule has 1 N–H and O–H groups in total. The Kier molecular flexibility index (Phi) is 7.99. The van der Waals surface area contributed by atoms with E-state index in [1.54, 1.807) is 55.5 Å². The number of aliphatic hydroxyl groups is 1. The van der Waals surface area contributed by atoms with Crippen LogP contribution in [0.3, 0.4) is 0 Å². The summed E-state index contributed by atoms with van der Waals surface area (Å²) in [6.45, 7) is 3.74. The molecule has 0 atom stereocenters. The smallest absolute Gasteiger partial charge is 0.344 e. The van der Waals surface area contributed by atoms with Crippen LogP contribution in [0.1, 0.15) is 28.4 Å². The number of amides is 1. The van der Waals surface area contributed by atoms with Crippen LogP contribution in [0, 0.1) is 19.3 Å². The van der Waals surface area contributed by atoms with Gasteiger partial charge in [0, 0.05) is 5.56 Å². The molecule has 1 amide bonds. The minimum absolute atomic E-state index is 0.0582. The van der Waals surface area contributed by atoms with Crippen LogP contribution < -0.4 is 4.74 Å². The van der Waals surface area contributed by atoms with Gasteiger partial charge in [-0.05, 0) is 49.8 Å². The Morgan fingerprint density at radius 3 is 2.61 bits per heavy atom. The third kappa shape index (κ3) is 5.86. The van der Waals surface area contributed by atoms with Crippen molar-refractivity contribution in [3.8, 4) is 18.1 Å². The van der Waals surface area contributed by atoms with E-state index in [1.807, 2.05) is 6.92 Å². The lowest BCUT2D eigenvalue weighted by molar-refractivity contribution is -0.138. The number of ether oxygens (including phenoxy) is 2. The molecule has 0 saturated heterocycles. The molecule has 0 aliphatic carbocycles. The molecule has 2 aromatic rings. The maximum atomic E-state index is 12.7. The summed E-state index contributed by atoms with van der Waals surface area (Å²) >= 11 is 7.23. The minimum atomic E-state index is -0.766. The van der Waals surface area contributed by atoms with E-state index in [0.29, 0.717) is 26.8 Å². The van der Waals surface area contributed by atoms with Gasteiger partial charge in [0.15, 0.2) is 0 Å². The van der Waals surface area contributed by atoms with E-state index in [2.05, 4.69) is 10.9 Å². The first-order valence-electron chi connectivity index (χ1n) is 9.90. The average Bonchev–Trinajstić information content (AvgIpc) is 3.08. The summed E-state index contributed by atoms with van der Waals surface area (Å²) in [5.41, 5.74) is 1.84. The zero-order valence-corrected chi connectivity index (χ0v) is 19.5. The van der Waals surface area contributed by atoms with E-state index in [9.17, 15) is 14.7 Å². The molecule has 1 aliphatic heterocycles. The molecule has 0 fully saturated rings. The van der Waals surface area contributed by atoms with Gasteiger partial charge in [-0.15, -0.1) is 6.42 Å². The number of aliphatic imine (C=N–C) groups is 1. The molecule has 0 saturated carbocycles. The Balaban J connectivity index is 1.96. The number of carbonyl (C=O) groups is 2. The molecule has 0 spiro atoms. The zero-order valence-electron chi connectivity index (χ0n) is 17.9. The summed E-state index contributed by atoms with van der Waals surface area (Å²) < 4.78 is 10.4. The maximum absolute atomic E-state index is 12.7. The second kappa shape index (κ2) is 10.9. The van der Waals surface area contributed by atoms with Gasteiger partial charge in [-0.3, -0.25) is 4.79 Å². The minimum Gasteiger partial charge on any atom is -0.506 e.